The van der Waals surface area contributed by atoms with Crippen LogP contribution in [0.2, 0.25) is 0 Å². The first kappa shape index (κ1) is 19.4. The smallest absolute Gasteiger partial charge is 0.241 e. The molecule has 0 spiro atoms. The average Bonchev–Trinajstić information content (AvgIpc) is 2.65. The number of rotatable bonds is 8. The predicted molar refractivity (Wildman–Crippen MR) is 98.0 cm³/mol. The van der Waals surface area contributed by atoms with Gasteiger partial charge in [0, 0.05) is 38.3 Å². The molecule has 6 heteroatoms. The van der Waals surface area contributed by atoms with Gasteiger partial charge in [0.25, 0.3) is 0 Å². The van der Waals surface area contributed by atoms with Gasteiger partial charge in [-0.3, -0.25) is 14.6 Å². The molecule has 0 bridgehead atoms. The number of nitrogens with one attached hydrogen (secondary N) is 2. The zero-order chi connectivity index (χ0) is 18.1. The summed E-state index contributed by atoms with van der Waals surface area (Å²) in [6, 6.07) is 5.76. The molecule has 0 aliphatic carbocycles. The second-order valence-corrected chi connectivity index (χ2v) is 6.93. The Hall–Kier alpha value is -1.95. The molecule has 2 amide bonds. The van der Waals surface area contributed by atoms with E-state index in [-0.39, 0.29) is 18.4 Å². The first-order chi connectivity index (χ1) is 12.1. The standard InChI is InChI=1S/C19H30N4O2/c1-15(16-6-10-20-11-7-16)13-18(24)22-14-19(25)23(2)12-8-17-5-3-4-9-21-17/h3-5,9,15-16,20H,6-8,10-14H2,1-2H3,(H,22,24). The molecule has 1 aliphatic heterocycles. The van der Waals surface area contributed by atoms with Crippen LogP contribution in [0.4, 0.5) is 0 Å². The lowest BCUT2D eigenvalue weighted by molar-refractivity contribution is -0.132. The molecule has 0 aromatic carbocycles. The summed E-state index contributed by atoms with van der Waals surface area (Å²) >= 11 is 0. The fourth-order valence-electron chi connectivity index (χ4n) is 3.21. The van der Waals surface area contributed by atoms with Crippen LogP contribution in [0.25, 0.3) is 0 Å². The molecule has 0 radical (unpaired) electrons. The van der Waals surface area contributed by atoms with Crippen LogP contribution in [0, 0.1) is 11.8 Å². The quantitative estimate of drug-likeness (QED) is 0.742. The van der Waals surface area contributed by atoms with Crippen molar-refractivity contribution in [1.82, 2.24) is 20.5 Å². The molecule has 2 N–H and O–H groups in total. The van der Waals surface area contributed by atoms with Gasteiger partial charge in [-0.05, 0) is 49.9 Å². The van der Waals surface area contributed by atoms with Crippen LogP contribution < -0.4 is 10.6 Å². The molecule has 1 fully saturated rings. The number of nitrogens with zero attached hydrogens (tertiary/aromatic N) is 2. The van der Waals surface area contributed by atoms with Gasteiger partial charge in [-0.25, -0.2) is 0 Å². The summed E-state index contributed by atoms with van der Waals surface area (Å²) in [7, 11) is 1.76. The van der Waals surface area contributed by atoms with E-state index in [0.29, 0.717) is 31.2 Å². The van der Waals surface area contributed by atoms with Crippen molar-refractivity contribution >= 4 is 11.8 Å². The van der Waals surface area contributed by atoms with Crippen LogP contribution in [0.3, 0.4) is 0 Å². The lowest BCUT2D eigenvalue weighted by Crippen LogP contribution is -2.40. The SMILES string of the molecule is CC(CC(=O)NCC(=O)N(C)CCc1ccccn1)C1CCNCC1. The van der Waals surface area contributed by atoms with Crippen molar-refractivity contribution in [2.24, 2.45) is 11.8 Å². The summed E-state index contributed by atoms with van der Waals surface area (Å²) in [5.74, 6) is 0.860. The van der Waals surface area contributed by atoms with Gasteiger partial charge >= 0.3 is 0 Å². The molecule has 1 aromatic rings. The van der Waals surface area contributed by atoms with Crippen LogP contribution in [-0.2, 0) is 16.0 Å². The number of piperidine rings is 1. The Morgan fingerprint density at radius 3 is 2.80 bits per heavy atom. The molecule has 0 saturated carbocycles. The predicted octanol–water partition coefficient (Wildman–Crippen LogP) is 1.22. The minimum absolute atomic E-state index is 0.0301. The highest BCUT2D eigenvalue weighted by molar-refractivity contribution is 5.84. The third-order valence-corrected chi connectivity index (χ3v) is 4.99. The lowest BCUT2D eigenvalue weighted by atomic mass is 9.84. The number of pyridine rings is 1. The monoisotopic (exact) mass is 346 g/mol. The van der Waals surface area contributed by atoms with E-state index in [4.69, 9.17) is 0 Å². The molecule has 1 aliphatic rings. The number of amides is 2. The highest BCUT2D eigenvalue weighted by Gasteiger charge is 2.22. The van der Waals surface area contributed by atoms with Gasteiger partial charge in [0.15, 0.2) is 0 Å². The van der Waals surface area contributed by atoms with Crippen molar-refractivity contribution in [2.45, 2.75) is 32.6 Å². The maximum absolute atomic E-state index is 12.1. The Labute approximate surface area is 150 Å². The number of hydrogen-bond donors (Lipinski definition) is 2. The molecule has 2 heterocycles. The van der Waals surface area contributed by atoms with Crippen molar-refractivity contribution in [3.8, 4) is 0 Å². The molecule has 25 heavy (non-hydrogen) atoms. The second-order valence-electron chi connectivity index (χ2n) is 6.93. The number of aromatic nitrogens is 1. The topological polar surface area (TPSA) is 74.3 Å². The van der Waals surface area contributed by atoms with Gasteiger partial charge in [-0.1, -0.05) is 13.0 Å². The Morgan fingerprint density at radius 1 is 1.36 bits per heavy atom. The van der Waals surface area contributed by atoms with Crippen molar-refractivity contribution < 1.29 is 9.59 Å². The summed E-state index contributed by atoms with van der Waals surface area (Å²) in [5.41, 5.74) is 0.960. The van der Waals surface area contributed by atoms with E-state index in [2.05, 4.69) is 22.5 Å². The fourth-order valence-corrected chi connectivity index (χ4v) is 3.21. The van der Waals surface area contributed by atoms with Gasteiger partial charge in [0.05, 0.1) is 6.54 Å². The van der Waals surface area contributed by atoms with E-state index < -0.39 is 0 Å². The largest absolute Gasteiger partial charge is 0.347 e. The third-order valence-electron chi connectivity index (χ3n) is 4.99. The molecular formula is C19H30N4O2. The molecule has 1 aromatic heterocycles. The normalized spacial score (nSPS) is 16.2. The zero-order valence-electron chi connectivity index (χ0n) is 15.3. The number of likely N-dealkylation sites (N-methyl/N-ethyl adjacent to an activating group) is 1. The highest BCUT2D eigenvalue weighted by atomic mass is 16.2. The average molecular weight is 346 g/mol. The molecular weight excluding hydrogens is 316 g/mol. The molecule has 2 rings (SSSR count). The van der Waals surface area contributed by atoms with Gasteiger partial charge in [0.1, 0.15) is 0 Å². The van der Waals surface area contributed by atoms with E-state index in [0.717, 1.165) is 31.6 Å². The van der Waals surface area contributed by atoms with Gasteiger partial charge < -0.3 is 15.5 Å². The minimum atomic E-state index is -0.0706. The minimum Gasteiger partial charge on any atom is -0.347 e. The van der Waals surface area contributed by atoms with Gasteiger partial charge in [0.2, 0.25) is 11.8 Å². The van der Waals surface area contributed by atoms with Gasteiger partial charge in [-0.15, -0.1) is 0 Å². The first-order valence-electron chi connectivity index (χ1n) is 9.17. The van der Waals surface area contributed by atoms with Crippen molar-refractivity contribution in [3.63, 3.8) is 0 Å². The van der Waals surface area contributed by atoms with Crippen LogP contribution in [0.1, 0.15) is 31.9 Å². The summed E-state index contributed by atoms with van der Waals surface area (Å²) in [5, 5.41) is 6.11. The van der Waals surface area contributed by atoms with E-state index in [1.807, 2.05) is 18.2 Å². The van der Waals surface area contributed by atoms with Crippen molar-refractivity contribution in [1.29, 1.82) is 0 Å². The number of hydrogen-bond acceptors (Lipinski definition) is 4. The molecule has 1 unspecified atom stereocenters. The van der Waals surface area contributed by atoms with Crippen LogP contribution in [-0.4, -0.2) is 54.9 Å². The Balaban J connectivity index is 1.65. The molecule has 1 atom stereocenters. The molecule has 138 valence electrons. The van der Waals surface area contributed by atoms with Gasteiger partial charge in [-0.2, -0.15) is 0 Å². The van der Waals surface area contributed by atoms with E-state index in [1.165, 1.54) is 0 Å². The Morgan fingerprint density at radius 2 is 2.12 bits per heavy atom. The van der Waals surface area contributed by atoms with Crippen LogP contribution >= 0.6 is 0 Å². The van der Waals surface area contributed by atoms with E-state index in [9.17, 15) is 9.59 Å². The highest BCUT2D eigenvalue weighted by Crippen LogP contribution is 2.24. The fraction of sp³-hybridized carbons (Fsp3) is 0.632. The number of carbonyl (C=O) groups is 2. The summed E-state index contributed by atoms with van der Waals surface area (Å²) in [4.78, 5) is 30.1. The number of carbonyl (C=O) groups excluding carboxylic acids is 2. The van der Waals surface area contributed by atoms with Crippen molar-refractivity contribution in [3.05, 3.63) is 30.1 Å². The Kier molecular flexibility index (Phi) is 7.85. The Bertz CT molecular complexity index is 544. The molecule has 6 nitrogen and oxygen atoms in total. The maximum atomic E-state index is 12.1. The van der Waals surface area contributed by atoms with E-state index in [1.54, 1.807) is 18.1 Å². The van der Waals surface area contributed by atoms with Crippen molar-refractivity contribution in [2.75, 3.05) is 33.2 Å². The third kappa shape index (κ3) is 6.82. The summed E-state index contributed by atoms with van der Waals surface area (Å²) < 4.78 is 0. The summed E-state index contributed by atoms with van der Waals surface area (Å²) in [6.45, 7) is 4.87. The second kappa shape index (κ2) is 10.1. The van der Waals surface area contributed by atoms with Crippen LogP contribution in [0.5, 0.6) is 0 Å². The first-order valence-corrected chi connectivity index (χ1v) is 9.17. The zero-order valence-corrected chi connectivity index (χ0v) is 15.3. The maximum Gasteiger partial charge on any atom is 0.241 e. The summed E-state index contributed by atoms with van der Waals surface area (Å²) in [6.07, 6.45) is 5.22. The molecule has 1 saturated heterocycles. The van der Waals surface area contributed by atoms with Crippen LogP contribution in [0.15, 0.2) is 24.4 Å². The van der Waals surface area contributed by atoms with E-state index >= 15 is 0 Å². The lowest BCUT2D eigenvalue weighted by Gasteiger charge is -2.28.